The van der Waals surface area contributed by atoms with Gasteiger partial charge in [-0.2, -0.15) is 5.11 Å². The largest absolute Gasteiger partial charge is 0.494 e. The molecule has 1 amide bonds. The number of hydrogen-bond donors (Lipinski definition) is 4. The molecular formula is C34H43N9O5. The second-order valence-electron chi connectivity index (χ2n) is 12.2. The zero-order valence-electron chi connectivity index (χ0n) is 27.2. The van der Waals surface area contributed by atoms with Crippen LogP contribution in [0.4, 0.5) is 5.82 Å². The predicted molar refractivity (Wildman–Crippen MR) is 179 cm³/mol. The molecule has 0 aliphatic carbocycles. The summed E-state index contributed by atoms with van der Waals surface area (Å²) in [4.78, 5) is 26.1. The molecule has 2 aromatic carbocycles. The highest BCUT2D eigenvalue weighted by Gasteiger charge is 2.51. The third-order valence-electron chi connectivity index (χ3n) is 8.90. The molecule has 6 rings (SSSR count). The van der Waals surface area contributed by atoms with E-state index in [1.54, 1.807) is 7.05 Å². The number of amides is 1. The Hall–Kier alpha value is -4.66. The summed E-state index contributed by atoms with van der Waals surface area (Å²) in [6.07, 6.45) is 3.94. The average Bonchev–Trinajstić information content (AvgIpc) is 3.79. The second-order valence-corrected chi connectivity index (χ2v) is 12.2. The Kier molecular flexibility index (Phi) is 10.4. The fraction of sp³-hybridized carbons (Fsp3) is 0.471. The van der Waals surface area contributed by atoms with E-state index in [4.69, 9.17) is 20.2 Å². The summed E-state index contributed by atoms with van der Waals surface area (Å²) < 4.78 is 14.2. The SMILES string of the molecule is CCCCCCCCOc1ccc(-c2nc3c(NC)ncnc3n2C[C@H]2OC(N3N=NC(C(N)=O)C3c3ccccc3)[C@@H](O)[C@H]2O)cc1. The Labute approximate surface area is 279 Å². The van der Waals surface area contributed by atoms with E-state index in [1.165, 1.54) is 37.0 Å². The molecule has 14 heteroatoms. The van der Waals surface area contributed by atoms with E-state index in [2.05, 4.69) is 32.5 Å². The number of fused-ring (bicyclic) bond motifs is 1. The highest BCUT2D eigenvalue weighted by molar-refractivity contribution is 5.86. The molecule has 6 atom stereocenters. The van der Waals surface area contributed by atoms with Gasteiger partial charge in [0.15, 0.2) is 29.3 Å². The lowest BCUT2D eigenvalue weighted by molar-refractivity contribution is -0.124. The Morgan fingerprint density at radius 1 is 1.00 bits per heavy atom. The maximum absolute atomic E-state index is 12.3. The molecule has 5 N–H and O–H groups in total. The molecule has 1 fully saturated rings. The summed E-state index contributed by atoms with van der Waals surface area (Å²) in [5.74, 6) is 1.24. The number of carbonyl (C=O) groups excluding carboxylic acids is 1. The second kappa shape index (κ2) is 15.0. The van der Waals surface area contributed by atoms with Crippen LogP contribution < -0.4 is 15.8 Å². The van der Waals surface area contributed by atoms with Gasteiger partial charge < -0.3 is 35.3 Å². The minimum atomic E-state index is -1.37. The normalized spacial score (nSPS) is 23.6. The average molecular weight is 658 g/mol. The Balaban J connectivity index is 1.23. The smallest absolute Gasteiger partial charge is 0.246 e. The topological polar surface area (TPSA) is 186 Å². The van der Waals surface area contributed by atoms with Crippen molar-refractivity contribution in [3.8, 4) is 17.1 Å². The van der Waals surface area contributed by atoms with Crippen molar-refractivity contribution in [2.75, 3.05) is 19.0 Å². The molecule has 0 saturated carbocycles. The van der Waals surface area contributed by atoms with Gasteiger partial charge in [0.25, 0.3) is 0 Å². The molecule has 0 bridgehead atoms. The number of nitrogens with zero attached hydrogens (tertiary/aromatic N) is 7. The number of benzene rings is 2. The lowest BCUT2D eigenvalue weighted by Gasteiger charge is -2.31. The zero-order valence-corrected chi connectivity index (χ0v) is 27.2. The maximum atomic E-state index is 12.3. The quantitative estimate of drug-likeness (QED) is 0.136. The van der Waals surface area contributed by atoms with Crippen LogP contribution in [0.3, 0.4) is 0 Å². The number of nitrogens with two attached hydrogens (primary N) is 1. The van der Waals surface area contributed by atoms with Crippen molar-refractivity contribution in [2.24, 2.45) is 16.1 Å². The Bertz CT molecular complexity index is 1700. The molecule has 3 unspecified atom stereocenters. The van der Waals surface area contributed by atoms with Crippen LogP contribution in [0.2, 0.25) is 0 Å². The number of aliphatic hydroxyl groups is 2. The summed E-state index contributed by atoms with van der Waals surface area (Å²) in [6, 6.07) is 15.2. The number of carbonyl (C=O) groups is 1. The van der Waals surface area contributed by atoms with Crippen LogP contribution in [0.25, 0.3) is 22.6 Å². The van der Waals surface area contributed by atoms with Gasteiger partial charge in [0.2, 0.25) is 5.91 Å². The summed E-state index contributed by atoms with van der Waals surface area (Å²) >= 11 is 0. The number of nitrogens with one attached hydrogen (secondary N) is 1. The number of anilines is 1. The molecule has 1 saturated heterocycles. The van der Waals surface area contributed by atoms with Crippen molar-refractivity contribution in [2.45, 2.75) is 88.6 Å². The molecule has 0 radical (unpaired) electrons. The number of aromatic nitrogens is 4. The molecule has 254 valence electrons. The molecule has 0 spiro atoms. The summed E-state index contributed by atoms with van der Waals surface area (Å²) in [5.41, 5.74) is 8.26. The van der Waals surface area contributed by atoms with Gasteiger partial charge >= 0.3 is 0 Å². The third kappa shape index (κ3) is 6.82. The number of primary amides is 1. The van der Waals surface area contributed by atoms with Crippen LogP contribution >= 0.6 is 0 Å². The Morgan fingerprint density at radius 3 is 2.48 bits per heavy atom. The van der Waals surface area contributed by atoms with Crippen molar-refractivity contribution >= 4 is 22.9 Å². The van der Waals surface area contributed by atoms with Gasteiger partial charge in [0.1, 0.15) is 42.3 Å². The van der Waals surface area contributed by atoms with E-state index in [1.807, 2.05) is 59.2 Å². The molecular weight excluding hydrogens is 614 g/mol. The maximum Gasteiger partial charge on any atom is 0.246 e. The van der Waals surface area contributed by atoms with Crippen LogP contribution in [-0.2, 0) is 16.1 Å². The highest BCUT2D eigenvalue weighted by atomic mass is 16.6. The predicted octanol–water partition coefficient (Wildman–Crippen LogP) is 4.00. The van der Waals surface area contributed by atoms with Crippen LogP contribution in [0.5, 0.6) is 5.75 Å². The van der Waals surface area contributed by atoms with Crippen LogP contribution in [0.1, 0.15) is 57.1 Å². The van der Waals surface area contributed by atoms with E-state index in [-0.39, 0.29) is 6.54 Å². The van der Waals surface area contributed by atoms with Gasteiger partial charge in [-0.3, -0.25) is 4.79 Å². The van der Waals surface area contributed by atoms with E-state index < -0.39 is 42.5 Å². The van der Waals surface area contributed by atoms with Crippen LogP contribution in [0, 0.1) is 0 Å². The number of ether oxygens (including phenoxy) is 2. The molecule has 2 aliphatic rings. The first-order valence-electron chi connectivity index (χ1n) is 16.6. The van der Waals surface area contributed by atoms with E-state index in [0.717, 1.165) is 29.7 Å². The van der Waals surface area contributed by atoms with Gasteiger partial charge in [0, 0.05) is 12.6 Å². The number of unbranched alkanes of at least 4 members (excludes halogenated alkanes) is 5. The van der Waals surface area contributed by atoms with Crippen molar-refractivity contribution in [1.29, 1.82) is 0 Å². The molecule has 2 aromatic heterocycles. The highest BCUT2D eigenvalue weighted by Crippen LogP contribution is 2.39. The molecule has 4 aromatic rings. The van der Waals surface area contributed by atoms with Gasteiger partial charge in [-0.05, 0) is 36.2 Å². The van der Waals surface area contributed by atoms with Gasteiger partial charge in [-0.25, -0.2) is 20.0 Å². The van der Waals surface area contributed by atoms with Crippen molar-refractivity contribution in [3.63, 3.8) is 0 Å². The van der Waals surface area contributed by atoms with E-state index >= 15 is 0 Å². The zero-order chi connectivity index (χ0) is 33.6. The Morgan fingerprint density at radius 2 is 1.75 bits per heavy atom. The standard InChI is InChI=1S/C34H43N9O5/c1-3-4-5-6-7-11-18-47-23-16-14-22(15-17-23)32-39-26-31(36-2)37-20-38-33(26)42(32)19-24-28(44)29(45)34(48-24)43-27(21-12-9-8-10-13-21)25(30(35)46)40-41-43/h8-10,12-17,20,24-25,27-29,34,44-45H,3-7,11,18-19H2,1-2H3,(H2,35,46)(H,36,37,38)/t24-,25?,27?,28+,29+,34?/m1/s1. The first-order chi connectivity index (χ1) is 23.4. The minimum absolute atomic E-state index is 0.0945. The van der Waals surface area contributed by atoms with Crippen molar-refractivity contribution in [1.82, 2.24) is 24.5 Å². The monoisotopic (exact) mass is 657 g/mol. The number of imidazole rings is 1. The lowest BCUT2D eigenvalue weighted by atomic mass is 9.98. The summed E-state index contributed by atoms with van der Waals surface area (Å²) in [5, 5.41) is 35.3. The first-order valence-corrected chi connectivity index (χ1v) is 16.6. The molecule has 4 heterocycles. The fourth-order valence-corrected chi connectivity index (χ4v) is 6.35. The van der Waals surface area contributed by atoms with Gasteiger partial charge in [-0.15, -0.1) is 0 Å². The third-order valence-corrected chi connectivity index (χ3v) is 8.90. The number of rotatable bonds is 15. The van der Waals surface area contributed by atoms with Crippen molar-refractivity contribution in [3.05, 3.63) is 66.5 Å². The summed E-state index contributed by atoms with van der Waals surface area (Å²) in [7, 11) is 1.76. The van der Waals surface area contributed by atoms with Crippen molar-refractivity contribution < 1.29 is 24.5 Å². The van der Waals surface area contributed by atoms with Crippen LogP contribution in [0.15, 0.2) is 71.3 Å². The van der Waals surface area contributed by atoms with E-state index in [9.17, 15) is 15.0 Å². The molecule has 48 heavy (non-hydrogen) atoms. The molecule has 2 aliphatic heterocycles. The lowest BCUT2D eigenvalue weighted by Crippen LogP contribution is -2.45. The van der Waals surface area contributed by atoms with Gasteiger partial charge in [-0.1, -0.05) is 74.6 Å². The fourth-order valence-electron chi connectivity index (χ4n) is 6.35. The number of hydrogen-bond acceptors (Lipinski definition) is 12. The summed E-state index contributed by atoms with van der Waals surface area (Å²) in [6.45, 7) is 2.97. The number of aliphatic hydroxyl groups excluding tert-OH is 2. The first kappa shape index (κ1) is 33.2. The molecule has 14 nitrogen and oxygen atoms in total. The van der Waals surface area contributed by atoms with Gasteiger partial charge in [0.05, 0.1) is 13.2 Å². The minimum Gasteiger partial charge on any atom is -0.494 e. The van der Waals surface area contributed by atoms with Crippen LogP contribution in [-0.4, -0.2) is 84.9 Å². The van der Waals surface area contributed by atoms with E-state index in [0.29, 0.717) is 29.4 Å².